The number of aromatic nitrogens is 2. The standard InChI is InChI=1S/C18H23ClN4/c1-2-22-11-3-4-13(12-22)17-16-9-10-20-18(16)23(21-17)15-7-5-14(19)6-8-15/h5-8,13,20H,2-4,9-12H2,1H3. The highest BCUT2D eigenvalue weighted by Gasteiger charge is 2.30. The lowest BCUT2D eigenvalue weighted by Gasteiger charge is -2.31. The Hall–Kier alpha value is -1.52. The van der Waals surface area contributed by atoms with E-state index in [0.717, 1.165) is 36.8 Å². The second-order valence-corrected chi connectivity index (χ2v) is 6.95. The number of piperidine rings is 1. The number of likely N-dealkylation sites (tertiary alicyclic amines) is 1. The lowest BCUT2D eigenvalue weighted by molar-refractivity contribution is 0.215. The molecule has 1 N–H and O–H groups in total. The number of benzene rings is 1. The summed E-state index contributed by atoms with van der Waals surface area (Å²) in [6.07, 6.45) is 3.61. The van der Waals surface area contributed by atoms with Crippen molar-refractivity contribution in [1.29, 1.82) is 0 Å². The number of halogens is 1. The van der Waals surface area contributed by atoms with Gasteiger partial charge in [0.1, 0.15) is 5.82 Å². The Morgan fingerprint density at radius 3 is 2.91 bits per heavy atom. The first-order valence-corrected chi connectivity index (χ1v) is 8.98. The lowest BCUT2D eigenvalue weighted by Crippen LogP contribution is -2.34. The van der Waals surface area contributed by atoms with Gasteiger partial charge >= 0.3 is 0 Å². The van der Waals surface area contributed by atoms with E-state index in [2.05, 4.69) is 21.8 Å². The Morgan fingerprint density at radius 2 is 2.13 bits per heavy atom. The third-order valence-electron chi connectivity index (χ3n) is 5.09. The van der Waals surface area contributed by atoms with Crippen LogP contribution in [0.15, 0.2) is 24.3 Å². The minimum atomic E-state index is 0.561. The summed E-state index contributed by atoms with van der Waals surface area (Å²) in [5, 5.41) is 9.29. The molecule has 0 aliphatic carbocycles. The van der Waals surface area contributed by atoms with Crippen LogP contribution in [0.4, 0.5) is 5.82 Å². The van der Waals surface area contributed by atoms with Gasteiger partial charge in [-0.1, -0.05) is 18.5 Å². The van der Waals surface area contributed by atoms with Gasteiger partial charge in [0.2, 0.25) is 0 Å². The van der Waals surface area contributed by atoms with Gasteiger partial charge in [-0.2, -0.15) is 5.10 Å². The molecule has 2 aliphatic rings. The molecule has 1 atom stereocenters. The summed E-state index contributed by atoms with van der Waals surface area (Å²) in [5.41, 5.74) is 3.80. The Morgan fingerprint density at radius 1 is 1.30 bits per heavy atom. The van der Waals surface area contributed by atoms with Crippen molar-refractivity contribution in [2.24, 2.45) is 0 Å². The van der Waals surface area contributed by atoms with Crippen molar-refractivity contribution in [2.75, 3.05) is 31.5 Å². The van der Waals surface area contributed by atoms with Crippen molar-refractivity contribution in [3.05, 3.63) is 40.5 Å². The summed E-state index contributed by atoms with van der Waals surface area (Å²) in [5.74, 6) is 1.74. The molecule has 3 heterocycles. The molecular weight excluding hydrogens is 308 g/mol. The molecule has 1 aromatic carbocycles. The van der Waals surface area contributed by atoms with Gasteiger partial charge in [-0.3, -0.25) is 0 Å². The molecule has 23 heavy (non-hydrogen) atoms. The van der Waals surface area contributed by atoms with Gasteiger partial charge in [0, 0.05) is 29.6 Å². The zero-order valence-electron chi connectivity index (χ0n) is 13.6. The van der Waals surface area contributed by atoms with Gasteiger partial charge in [0.05, 0.1) is 11.4 Å². The maximum Gasteiger partial charge on any atom is 0.133 e. The number of likely N-dealkylation sites (N-methyl/N-ethyl adjacent to an activating group) is 1. The van der Waals surface area contributed by atoms with Crippen molar-refractivity contribution in [3.63, 3.8) is 0 Å². The van der Waals surface area contributed by atoms with Crippen LogP contribution in [-0.4, -0.2) is 40.9 Å². The molecule has 0 amide bonds. The molecule has 1 aromatic heterocycles. The van der Waals surface area contributed by atoms with Crippen LogP contribution in [0.2, 0.25) is 5.02 Å². The van der Waals surface area contributed by atoms with Gasteiger partial charge in [-0.25, -0.2) is 4.68 Å². The number of fused-ring (bicyclic) bond motifs is 1. The SMILES string of the molecule is CCN1CCCC(c2nn(-c3ccc(Cl)cc3)c3c2CCN3)C1. The summed E-state index contributed by atoms with van der Waals surface area (Å²) in [6, 6.07) is 7.94. The highest BCUT2D eigenvalue weighted by Crippen LogP contribution is 2.36. The highest BCUT2D eigenvalue weighted by molar-refractivity contribution is 6.30. The van der Waals surface area contributed by atoms with Crippen LogP contribution in [0.25, 0.3) is 5.69 Å². The average molecular weight is 331 g/mol. The first kappa shape index (κ1) is 15.0. The number of hydrogen-bond donors (Lipinski definition) is 1. The van der Waals surface area contributed by atoms with E-state index < -0.39 is 0 Å². The molecule has 4 nitrogen and oxygen atoms in total. The molecule has 0 saturated carbocycles. The summed E-state index contributed by atoms with van der Waals surface area (Å²) in [4.78, 5) is 2.55. The van der Waals surface area contributed by atoms with E-state index in [1.54, 1.807) is 0 Å². The number of anilines is 1. The number of rotatable bonds is 3. The lowest BCUT2D eigenvalue weighted by atomic mass is 9.92. The van der Waals surface area contributed by atoms with Gasteiger partial charge < -0.3 is 10.2 Å². The molecule has 0 spiro atoms. The fraction of sp³-hybridized carbons (Fsp3) is 0.500. The summed E-state index contributed by atoms with van der Waals surface area (Å²) < 4.78 is 2.07. The van der Waals surface area contributed by atoms with Crippen molar-refractivity contribution < 1.29 is 0 Å². The van der Waals surface area contributed by atoms with Crippen LogP contribution in [0.1, 0.15) is 36.9 Å². The molecule has 4 rings (SSSR count). The van der Waals surface area contributed by atoms with E-state index in [9.17, 15) is 0 Å². The molecule has 1 saturated heterocycles. The topological polar surface area (TPSA) is 33.1 Å². The average Bonchev–Trinajstić information content (AvgIpc) is 3.18. The third-order valence-corrected chi connectivity index (χ3v) is 5.34. The first-order valence-electron chi connectivity index (χ1n) is 8.60. The zero-order chi connectivity index (χ0) is 15.8. The zero-order valence-corrected chi connectivity index (χ0v) is 14.3. The Labute approximate surface area is 142 Å². The van der Waals surface area contributed by atoms with E-state index in [-0.39, 0.29) is 0 Å². The molecule has 1 unspecified atom stereocenters. The van der Waals surface area contributed by atoms with Crippen LogP contribution in [0.5, 0.6) is 0 Å². The smallest absolute Gasteiger partial charge is 0.133 e. The summed E-state index contributed by atoms with van der Waals surface area (Å²) in [6.45, 7) is 6.76. The van der Waals surface area contributed by atoms with Crippen molar-refractivity contribution in [3.8, 4) is 5.69 Å². The Bertz CT molecular complexity index is 692. The summed E-state index contributed by atoms with van der Waals surface area (Å²) >= 11 is 6.02. The number of nitrogens with zero attached hydrogens (tertiary/aromatic N) is 3. The predicted molar refractivity (Wildman–Crippen MR) is 94.9 cm³/mol. The number of hydrogen-bond acceptors (Lipinski definition) is 3. The Balaban J connectivity index is 1.71. The largest absolute Gasteiger partial charge is 0.369 e. The van der Waals surface area contributed by atoms with Crippen molar-refractivity contribution in [1.82, 2.24) is 14.7 Å². The minimum absolute atomic E-state index is 0.561. The van der Waals surface area contributed by atoms with E-state index in [0.29, 0.717) is 5.92 Å². The summed E-state index contributed by atoms with van der Waals surface area (Å²) in [7, 11) is 0. The predicted octanol–water partition coefficient (Wildman–Crippen LogP) is 3.69. The van der Waals surface area contributed by atoms with Crippen LogP contribution in [0, 0.1) is 0 Å². The molecule has 122 valence electrons. The molecule has 1 fully saturated rings. The quantitative estimate of drug-likeness (QED) is 0.931. The second-order valence-electron chi connectivity index (χ2n) is 6.51. The van der Waals surface area contributed by atoms with Crippen molar-refractivity contribution >= 4 is 17.4 Å². The van der Waals surface area contributed by atoms with Crippen LogP contribution >= 0.6 is 11.6 Å². The van der Waals surface area contributed by atoms with E-state index in [1.165, 1.54) is 36.5 Å². The normalized spacial score (nSPS) is 21.2. The van der Waals surface area contributed by atoms with E-state index in [1.807, 2.05) is 24.3 Å². The molecule has 2 aliphatic heterocycles. The Kier molecular flexibility index (Phi) is 4.04. The fourth-order valence-electron chi connectivity index (χ4n) is 3.86. The highest BCUT2D eigenvalue weighted by atomic mass is 35.5. The molecule has 2 aromatic rings. The van der Waals surface area contributed by atoms with Gasteiger partial charge in [0.15, 0.2) is 0 Å². The number of nitrogens with one attached hydrogen (secondary N) is 1. The van der Waals surface area contributed by atoms with Crippen LogP contribution in [-0.2, 0) is 6.42 Å². The molecule has 0 bridgehead atoms. The maximum absolute atomic E-state index is 6.02. The molecular formula is C18H23ClN4. The van der Waals surface area contributed by atoms with Crippen LogP contribution in [0.3, 0.4) is 0 Å². The van der Waals surface area contributed by atoms with E-state index >= 15 is 0 Å². The van der Waals surface area contributed by atoms with Gasteiger partial charge in [-0.05, 0) is 56.6 Å². The van der Waals surface area contributed by atoms with Gasteiger partial charge in [-0.15, -0.1) is 0 Å². The molecule has 0 radical (unpaired) electrons. The van der Waals surface area contributed by atoms with E-state index in [4.69, 9.17) is 16.7 Å². The molecule has 5 heteroatoms. The third kappa shape index (κ3) is 2.74. The van der Waals surface area contributed by atoms with Crippen LogP contribution < -0.4 is 5.32 Å². The van der Waals surface area contributed by atoms with Crippen molar-refractivity contribution in [2.45, 2.75) is 32.1 Å². The second kappa shape index (κ2) is 6.17. The minimum Gasteiger partial charge on any atom is -0.369 e. The first-order chi connectivity index (χ1) is 11.3. The van der Waals surface area contributed by atoms with Gasteiger partial charge in [0.25, 0.3) is 0 Å². The maximum atomic E-state index is 6.02. The fourth-order valence-corrected chi connectivity index (χ4v) is 3.99. The monoisotopic (exact) mass is 330 g/mol.